The molecule has 106 valence electrons. The molecular weight excluding hydrogens is 238 g/mol. The lowest BCUT2D eigenvalue weighted by Crippen LogP contribution is -2.51. The van der Waals surface area contributed by atoms with Crippen LogP contribution in [0.15, 0.2) is 11.6 Å². The van der Waals surface area contributed by atoms with Gasteiger partial charge >= 0.3 is 5.97 Å². The summed E-state index contributed by atoms with van der Waals surface area (Å²) in [7, 11) is 0. The predicted molar refractivity (Wildman–Crippen MR) is 74.6 cm³/mol. The fourth-order valence-corrected chi connectivity index (χ4v) is 4.71. The van der Waals surface area contributed by atoms with Crippen molar-refractivity contribution in [3.63, 3.8) is 0 Å². The first-order valence-electron chi connectivity index (χ1n) is 7.58. The number of carboxylic acids is 1. The zero-order valence-electron chi connectivity index (χ0n) is 11.8. The number of carbonyl (C=O) groups is 1. The summed E-state index contributed by atoms with van der Waals surface area (Å²) < 4.78 is 0. The Kier molecular flexibility index (Phi) is 3.01. The lowest BCUT2D eigenvalue weighted by atomic mass is 9.53. The van der Waals surface area contributed by atoms with Crippen LogP contribution in [0.5, 0.6) is 0 Å². The van der Waals surface area contributed by atoms with Crippen molar-refractivity contribution in [3.8, 4) is 0 Å². The van der Waals surface area contributed by atoms with Gasteiger partial charge in [-0.1, -0.05) is 25.0 Å². The Morgan fingerprint density at radius 3 is 2.79 bits per heavy atom. The van der Waals surface area contributed by atoms with Gasteiger partial charge in [-0.2, -0.15) is 0 Å². The van der Waals surface area contributed by atoms with E-state index in [0.29, 0.717) is 23.8 Å². The third kappa shape index (κ3) is 2.12. The van der Waals surface area contributed by atoms with Crippen molar-refractivity contribution in [2.45, 2.75) is 51.9 Å². The molecule has 3 N–H and O–H groups in total. The van der Waals surface area contributed by atoms with Crippen LogP contribution in [0.1, 0.15) is 51.9 Å². The third-order valence-corrected chi connectivity index (χ3v) is 5.95. The number of hydrogen-bond donors (Lipinski definition) is 2. The van der Waals surface area contributed by atoms with Gasteiger partial charge in [-0.25, -0.2) is 0 Å². The Morgan fingerprint density at radius 2 is 2.26 bits per heavy atom. The molecule has 3 nitrogen and oxygen atoms in total. The first-order chi connectivity index (χ1) is 8.96. The van der Waals surface area contributed by atoms with Crippen LogP contribution in [-0.2, 0) is 4.79 Å². The van der Waals surface area contributed by atoms with Crippen LogP contribution in [0.2, 0.25) is 0 Å². The summed E-state index contributed by atoms with van der Waals surface area (Å²) in [5, 5.41) is 9.09. The molecule has 0 spiro atoms. The van der Waals surface area contributed by atoms with Crippen molar-refractivity contribution in [1.82, 2.24) is 0 Å². The predicted octanol–water partition coefficient (Wildman–Crippen LogP) is 2.95. The molecule has 0 amide bonds. The highest BCUT2D eigenvalue weighted by molar-refractivity contribution is 5.68. The number of aliphatic carboxylic acids is 1. The zero-order valence-corrected chi connectivity index (χ0v) is 11.8. The van der Waals surface area contributed by atoms with E-state index in [1.165, 1.54) is 32.1 Å². The van der Waals surface area contributed by atoms with Crippen LogP contribution < -0.4 is 5.73 Å². The van der Waals surface area contributed by atoms with Crippen molar-refractivity contribution in [3.05, 3.63) is 11.6 Å². The largest absolute Gasteiger partial charge is 0.481 e. The second kappa shape index (κ2) is 4.34. The summed E-state index contributed by atoms with van der Waals surface area (Å²) in [6.07, 6.45) is 10.2. The molecule has 0 radical (unpaired) electrons. The van der Waals surface area contributed by atoms with Crippen molar-refractivity contribution in [1.29, 1.82) is 0 Å². The topological polar surface area (TPSA) is 63.3 Å². The van der Waals surface area contributed by atoms with Gasteiger partial charge in [-0.05, 0) is 61.3 Å². The molecule has 0 heterocycles. The fraction of sp³-hybridized carbons (Fsp3) is 0.812. The number of allylic oxidation sites excluding steroid dienone is 2. The van der Waals surface area contributed by atoms with Crippen molar-refractivity contribution in [2.75, 3.05) is 6.54 Å². The Bertz CT molecular complexity index is 424. The molecule has 2 fully saturated rings. The van der Waals surface area contributed by atoms with Gasteiger partial charge in [0.05, 0.1) is 6.42 Å². The van der Waals surface area contributed by atoms with Crippen LogP contribution in [-0.4, -0.2) is 17.6 Å². The molecule has 0 unspecified atom stereocenters. The quantitative estimate of drug-likeness (QED) is 0.750. The molecule has 2 saturated carbocycles. The van der Waals surface area contributed by atoms with E-state index in [0.717, 1.165) is 6.42 Å². The summed E-state index contributed by atoms with van der Waals surface area (Å²) >= 11 is 0. The fourth-order valence-electron chi connectivity index (χ4n) is 4.71. The zero-order chi connectivity index (χ0) is 13.7. The Hall–Kier alpha value is -0.830. The molecule has 3 heteroatoms. The average molecular weight is 263 g/mol. The number of hydrogen-bond acceptors (Lipinski definition) is 2. The number of carboxylic acid groups (broad SMARTS) is 1. The van der Waals surface area contributed by atoms with Gasteiger partial charge in [-0.15, -0.1) is 0 Å². The van der Waals surface area contributed by atoms with Crippen LogP contribution in [0.3, 0.4) is 0 Å². The normalized spacial score (nSPS) is 38.9. The summed E-state index contributed by atoms with van der Waals surface area (Å²) in [5.74, 6) is 0.422. The highest BCUT2D eigenvalue weighted by atomic mass is 16.4. The molecule has 0 aromatic carbocycles. The van der Waals surface area contributed by atoms with Crippen molar-refractivity contribution >= 4 is 5.97 Å². The summed E-state index contributed by atoms with van der Waals surface area (Å²) in [6.45, 7) is 2.91. The van der Waals surface area contributed by atoms with Gasteiger partial charge in [0.1, 0.15) is 0 Å². The molecular formula is C16H25NO2. The third-order valence-electron chi connectivity index (χ3n) is 5.95. The van der Waals surface area contributed by atoms with E-state index in [4.69, 9.17) is 10.8 Å². The van der Waals surface area contributed by atoms with E-state index in [2.05, 4.69) is 13.0 Å². The summed E-state index contributed by atoms with van der Waals surface area (Å²) in [5.41, 5.74) is 7.87. The SMILES string of the molecule is CC1(CC2=C[C@H]3[C@@H](C2)C[C@@]3(CN)CC(=O)O)CCC1. The summed E-state index contributed by atoms with van der Waals surface area (Å²) in [6, 6.07) is 0. The van der Waals surface area contributed by atoms with Crippen LogP contribution >= 0.6 is 0 Å². The van der Waals surface area contributed by atoms with E-state index in [9.17, 15) is 4.79 Å². The van der Waals surface area contributed by atoms with Gasteiger partial charge in [0.25, 0.3) is 0 Å². The minimum Gasteiger partial charge on any atom is -0.481 e. The standard InChI is InChI=1S/C16H25NO2/c1-15(3-2-4-15)7-11-5-12-8-16(10-17,9-14(18)19)13(12)6-11/h6,12-13H,2-5,7-10,17H2,1H3,(H,18,19)/t12-,13-,16-/m0/s1. The molecule has 0 aromatic rings. The molecule has 3 aliphatic rings. The second-order valence-electron chi connectivity index (χ2n) is 7.50. The van der Waals surface area contributed by atoms with E-state index in [1.807, 2.05) is 0 Å². The minimum atomic E-state index is -0.697. The lowest BCUT2D eigenvalue weighted by molar-refractivity contribution is -0.144. The maximum absolute atomic E-state index is 11.0. The Balaban J connectivity index is 1.68. The van der Waals surface area contributed by atoms with Gasteiger partial charge in [0.15, 0.2) is 0 Å². The monoisotopic (exact) mass is 263 g/mol. The highest BCUT2D eigenvalue weighted by Crippen LogP contribution is 2.61. The Morgan fingerprint density at radius 1 is 1.53 bits per heavy atom. The highest BCUT2D eigenvalue weighted by Gasteiger charge is 2.55. The molecule has 0 saturated heterocycles. The molecule has 0 aliphatic heterocycles. The van der Waals surface area contributed by atoms with Crippen LogP contribution in [0, 0.1) is 22.7 Å². The van der Waals surface area contributed by atoms with E-state index in [-0.39, 0.29) is 11.8 Å². The Labute approximate surface area is 115 Å². The van der Waals surface area contributed by atoms with Crippen molar-refractivity contribution in [2.24, 2.45) is 28.4 Å². The van der Waals surface area contributed by atoms with Gasteiger partial charge < -0.3 is 10.8 Å². The maximum Gasteiger partial charge on any atom is 0.303 e. The van der Waals surface area contributed by atoms with Crippen molar-refractivity contribution < 1.29 is 9.90 Å². The van der Waals surface area contributed by atoms with Gasteiger partial charge in [-0.3, -0.25) is 4.79 Å². The molecule has 3 atom stereocenters. The lowest BCUT2D eigenvalue weighted by Gasteiger charge is -2.51. The van der Waals surface area contributed by atoms with E-state index in [1.54, 1.807) is 5.57 Å². The molecule has 19 heavy (non-hydrogen) atoms. The molecule has 0 aromatic heterocycles. The molecule has 0 bridgehead atoms. The molecule has 3 aliphatic carbocycles. The van der Waals surface area contributed by atoms with Crippen LogP contribution in [0.4, 0.5) is 0 Å². The van der Waals surface area contributed by atoms with Crippen LogP contribution in [0.25, 0.3) is 0 Å². The van der Waals surface area contributed by atoms with Gasteiger partial charge in [0, 0.05) is 0 Å². The molecule has 3 rings (SSSR count). The minimum absolute atomic E-state index is 0.140. The number of rotatable bonds is 5. The van der Waals surface area contributed by atoms with Gasteiger partial charge in [0.2, 0.25) is 0 Å². The maximum atomic E-state index is 11.0. The summed E-state index contributed by atoms with van der Waals surface area (Å²) in [4.78, 5) is 11.0. The smallest absolute Gasteiger partial charge is 0.303 e. The second-order valence-corrected chi connectivity index (χ2v) is 7.50. The average Bonchev–Trinajstić information content (AvgIpc) is 2.62. The van der Waals surface area contributed by atoms with E-state index >= 15 is 0 Å². The number of fused-ring (bicyclic) bond motifs is 1. The number of nitrogens with two attached hydrogens (primary N) is 1. The first kappa shape index (κ1) is 13.2. The first-order valence-corrected chi connectivity index (χ1v) is 7.58. The van der Waals surface area contributed by atoms with E-state index < -0.39 is 5.97 Å².